The molecule has 4 aromatic carbocycles. The summed E-state index contributed by atoms with van der Waals surface area (Å²) >= 11 is 0. The molecule has 4 aromatic rings. The van der Waals surface area contributed by atoms with Gasteiger partial charge in [0.2, 0.25) is 0 Å². The molecule has 9 heteroatoms. The third-order valence-corrected chi connectivity index (χ3v) is 6.16. The monoisotopic (exact) mass is 525 g/mol. The molecule has 0 aliphatic carbocycles. The van der Waals surface area contributed by atoms with Gasteiger partial charge in [-0.2, -0.15) is 5.10 Å². The molecule has 0 saturated carbocycles. The highest BCUT2D eigenvalue weighted by Crippen LogP contribution is 2.30. The molecule has 0 bridgehead atoms. The van der Waals surface area contributed by atoms with E-state index in [2.05, 4.69) is 10.5 Å². The van der Waals surface area contributed by atoms with E-state index < -0.39 is 16.4 Å². The number of benzene rings is 4. The van der Waals surface area contributed by atoms with E-state index in [1.54, 1.807) is 97.9 Å². The quantitative estimate of drug-likeness (QED) is 0.173. The zero-order chi connectivity index (χ0) is 27.8. The van der Waals surface area contributed by atoms with Crippen molar-refractivity contribution in [3.05, 3.63) is 135 Å². The maximum absolute atomic E-state index is 13.2. The summed E-state index contributed by atoms with van der Waals surface area (Å²) < 4.78 is 11.3. The van der Waals surface area contributed by atoms with Gasteiger partial charge < -0.3 is 14.6 Å². The number of ether oxygens (including phenoxy) is 2. The zero-order valence-corrected chi connectivity index (χ0v) is 21.4. The number of nitro benzene ring substituents is 1. The van der Waals surface area contributed by atoms with Crippen molar-refractivity contribution in [3.63, 3.8) is 0 Å². The lowest BCUT2D eigenvalue weighted by atomic mass is 9.85. The van der Waals surface area contributed by atoms with Gasteiger partial charge in [0.15, 0.2) is 5.60 Å². The van der Waals surface area contributed by atoms with Crippen LogP contribution in [0.5, 0.6) is 11.5 Å². The molecule has 0 aromatic heterocycles. The minimum absolute atomic E-state index is 0.0200. The number of aliphatic hydroxyl groups is 1. The first kappa shape index (κ1) is 27.0. The number of nitrogens with one attached hydrogen (secondary N) is 1. The normalized spacial score (nSPS) is 11.3. The van der Waals surface area contributed by atoms with Crippen molar-refractivity contribution in [1.82, 2.24) is 5.43 Å². The predicted molar refractivity (Wildman–Crippen MR) is 147 cm³/mol. The average molecular weight is 526 g/mol. The van der Waals surface area contributed by atoms with Crippen LogP contribution >= 0.6 is 0 Å². The van der Waals surface area contributed by atoms with Crippen LogP contribution in [-0.2, 0) is 17.0 Å². The number of hydrogen-bond acceptors (Lipinski definition) is 7. The van der Waals surface area contributed by atoms with Gasteiger partial charge in [0.1, 0.15) is 18.1 Å². The Balaban J connectivity index is 1.50. The van der Waals surface area contributed by atoms with Crippen LogP contribution in [0.2, 0.25) is 0 Å². The molecule has 39 heavy (non-hydrogen) atoms. The molecule has 0 aliphatic rings. The third-order valence-electron chi connectivity index (χ3n) is 6.16. The molecule has 0 aliphatic heterocycles. The number of carbonyl (C=O) groups excluding carboxylic acids is 1. The molecule has 0 fully saturated rings. The van der Waals surface area contributed by atoms with E-state index in [9.17, 15) is 20.0 Å². The van der Waals surface area contributed by atoms with Gasteiger partial charge >= 0.3 is 0 Å². The second kappa shape index (κ2) is 12.0. The van der Waals surface area contributed by atoms with E-state index in [-0.39, 0.29) is 12.3 Å². The first-order chi connectivity index (χ1) is 18.8. The van der Waals surface area contributed by atoms with Crippen molar-refractivity contribution in [3.8, 4) is 11.5 Å². The van der Waals surface area contributed by atoms with Crippen LogP contribution in [0.1, 0.15) is 27.8 Å². The van der Waals surface area contributed by atoms with Crippen molar-refractivity contribution in [2.75, 3.05) is 7.11 Å². The van der Waals surface area contributed by atoms with E-state index in [1.165, 1.54) is 19.4 Å². The molecular formula is C30H27N3O6. The number of aryl methyl sites for hydroxylation is 1. The van der Waals surface area contributed by atoms with Crippen LogP contribution in [-0.4, -0.2) is 29.3 Å². The molecule has 0 unspecified atom stereocenters. The fourth-order valence-electron chi connectivity index (χ4n) is 4.11. The van der Waals surface area contributed by atoms with Gasteiger partial charge in [-0.1, -0.05) is 60.7 Å². The van der Waals surface area contributed by atoms with Gasteiger partial charge in [0.25, 0.3) is 11.6 Å². The Morgan fingerprint density at radius 3 is 2.21 bits per heavy atom. The molecule has 2 N–H and O–H groups in total. The second-order valence-electron chi connectivity index (χ2n) is 8.71. The summed E-state index contributed by atoms with van der Waals surface area (Å²) in [6, 6.07) is 27.2. The van der Waals surface area contributed by atoms with E-state index in [0.717, 1.165) is 0 Å². The first-order valence-corrected chi connectivity index (χ1v) is 12.0. The standard InChI is InChI=1S/C30H27N3O6/c1-21-17-26(14-15-27(21)33(36)37)39-20-23-18-22(13-16-28(23)38-2)19-31-32-29(34)30(35,24-9-5-3-6-10-24)25-11-7-4-8-12-25/h3-19,35H,20H2,1-2H3,(H,32,34). The van der Waals surface area contributed by atoms with Crippen molar-refractivity contribution < 1.29 is 24.3 Å². The minimum Gasteiger partial charge on any atom is -0.496 e. The Kier molecular flexibility index (Phi) is 8.33. The number of hydrazone groups is 1. The largest absolute Gasteiger partial charge is 0.496 e. The van der Waals surface area contributed by atoms with Gasteiger partial charge in [-0.25, -0.2) is 5.43 Å². The summed E-state index contributed by atoms with van der Waals surface area (Å²) in [5.41, 5.74) is 3.20. The van der Waals surface area contributed by atoms with Crippen LogP contribution in [0.3, 0.4) is 0 Å². The smallest absolute Gasteiger partial charge is 0.281 e. The summed E-state index contributed by atoms with van der Waals surface area (Å²) in [7, 11) is 1.54. The van der Waals surface area contributed by atoms with E-state index >= 15 is 0 Å². The molecule has 0 heterocycles. The number of amides is 1. The van der Waals surface area contributed by atoms with Gasteiger partial charge in [-0.05, 0) is 53.9 Å². The second-order valence-corrected chi connectivity index (χ2v) is 8.71. The topological polar surface area (TPSA) is 123 Å². The molecule has 1 amide bonds. The summed E-state index contributed by atoms with van der Waals surface area (Å²) in [5, 5.41) is 26.7. The van der Waals surface area contributed by atoms with Crippen molar-refractivity contribution in [2.24, 2.45) is 5.10 Å². The van der Waals surface area contributed by atoms with E-state index in [0.29, 0.717) is 39.3 Å². The van der Waals surface area contributed by atoms with Crippen molar-refractivity contribution >= 4 is 17.8 Å². The maximum atomic E-state index is 13.2. The van der Waals surface area contributed by atoms with Crippen LogP contribution < -0.4 is 14.9 Å². The van der Waals surface area contributed by atoms with Gasteiger partial charge in [-0.3, -0.25) is 14.9 Å². The summed E-state index contributed by atoms with van der Waals surface area (Å²) in [5.74, 6) is 0.353. The molecule has 198 valence electrons. The molecule has 4 rings (SSSR count). The number of methoxy groups -OCH3 is 1. The number of nitro groups is 1. The van der Waals surface area contributed by atoms with Gasteiger partial charge in [-0.15, -0.1) is 0 Å². The van der Waals surface area contributed by atoms with Gasteiger partial charge in [0.05, 0.1) is 18.2 Å². The third kappa shape index (κ3) is 6.11. The number of rotatable bonds is 10. The van der Waals surface area contributed by atoms with Crippen LogP contribution in [0.4, 0.5) is 5.69 Å². The Hall–Kier alpha value is -5.02. The minimum atomic E-state index is -1.94. The van der Waals surface area contributed by atoms with Crippen LogP contribution in [0.25, 0.3) is 0 Å². The van der Waals surface area contributed by atoms with Crippen molar-refractivity contribution in [2.45, 2.75) is 19.1 Å². The number of nitrogens with zero attached hydrogens (tertiary/aromatic N) is 2. The first-order valence-electron chi connectivity index (χ1n) is 12.0. The van der Waals surface area contributed by atoms with Crippen molar-refractivity contribution in [1.29, 1.82) is 0 Å². The Morgan fingerprint density at radius 1 is 1.00 bits per heavy atom. The molecular weight excluding hydrogens is 498 g/mol. The SMILES string of the molecule is COc1ccc(C=NNC(=O)C(O)(c2ccccc2)c2ccccc2)cc1COc1ccc([N+](=O)[O-])c(C)c1. The average Bonchev–Trinajstić information content (AvgIpc) is 2.96. The maximum Gasteiger partial charge on any atom is 0.281 e. The Morgan fingerprint density at radius 2 is 1.64 bits per heavy atom. The lowest BCUT2D eigenvalue weighted by Gasteiger charge is -2.27. The van der Waals surface area contributed by atoms with Crippen LogP contribution in [0, 0.1) is 17.0 Å². The summed E-state index contributed by atoms with van der Waals surface area (Å²) in [6.07, 6.45) is 1.45. The zero-order valence-electron chi connectivity index (χ0n) is 21.4. The number of hydrogen-bond donors (Lipinski definition) is 2. The molecule has 0 saturated heterocycles. The lowest BCUT2D eigenvalue weighted by Crippen LogP contribution is -2.43. The highest BCUT2D eigenvalue weighted by molar-refractivity contribution is 5.91. The fraction of sp³-hybridized carbons (Fsp3) is 0.133. The molecule has 0 atom stereocenters. The predicted octanol–water partition coefficient (Wildman–Crippen LogP) is 4.88. The van der Waals surface area contributed by atoms with E-state index in [4.69, 9.17) is 9.47 Å². The molecule has 0 radical (unpaired) electrons. The lowest BCUT2D eigenvalue weighted by molar-refractivity contribution is -0.385. The highest BCUT2D eigenvalue weighted by atomic mass is 16.6. The number of carbonyl (C=O) groups is 1. The molecule has 9 nitrogen and oxygen atoms in total. The Labute approximate surface area is 225 Å². The fourth-order valence-corrected chi connectivity index (χ4v) is 4.11. The highest BCUT2D eigenvalue weighted by Gasteiger charge is 2.39. The summed E-state index contributed by atoms with van der Waals surface area (Å²) in [6.45, 7) is 1.78. The van der Waals surface area contributed by atoms with Crippen LogP contribution in [0.15, 0.2) is 102 Å². The van der Waals surface area contributed by atoms with Gasteiger partial charge in [0, 0.05) is 17.2 Å². The Bertz CT molecular complexity index is 1450. The van der Waals surface area contributed by atoms with E-state index in [1.807, 2.05) is 0 Å². The molecule has 0 spiro atoms. The summed E-state index contributed by atoms with van der Waals surface area (Å²) in [4.78, 5) is 23.8.